The minimum Gasteiger partial charge on any atom is -0.476 e. The predicted molar refractivity (Wildman–Crippen MR) is 93.0 cm³/mol. The van der Waals surface area contributed by atoms with Crippen molar-refractivity contribution in [2.45, 2.75) is 13.5 Å². The summed E-state index contributed by atoms with van der Waals surface area (Å²) in [5.74, 6) is -0.964. The molecule has 0 aliphatic heterocycles. The van der Waals surface area contributed by atoms with Crippen LogP contribution in [-0.4, -0.2) is 25.4 Å². The van der Waals surface area contributed by atoms with Crippen molar-refractivity contribution in [2.75, 3.05) is 0 Å². The van der Waals surface area contributed by atoms with Crippen molar-refractivity contribution in [1.82, 2.24) is 14.4 Å². The summed E-state index contributed by atoms with van der Waals surface area (Å²) in [5.41, 5.74) is 10.8. The molecule has 126 valence electrons. The van der Waals surface area contributed by atoms with E-state index in [-0.39, 0.29) is 18.0 Å². The maximum absolute atomic E-state index is 11.3. The highest BCUT2D eigenvalue weighted by Crippen LogP contribution is 2.34. The van der Waals surface area contributed by atoms with E-state index < -0.39 is 5.97 Å². The zero-order valence-electron chi connectivity index (χ0n) is 12.8. The van der Waals surface area contributed by atoms with Gasteiger partial charge in [-0.1, -0.05) is 28.3 Å². The number of aromatic carboxylic acids is 1. The van der Waals surface area contributed by atoms with Gasteiger partial charge < -0.3 is 5.11 Å². The van der Waals surface area contributed by atoms with Crippen LogP contribution in [0.2, 0.25) is 10.0 Å². The van der Waals surface area contributed by atoms with E-state index >= 15 is 0 Å². The lowest BCUT2D eigenvalue weighted by molar-refractivity contribution is 0.0691. The number of nitrogens with zero attached hydrogens (tertiary/aromatic N) is 6. The maximum atomic E-state index is 11.3. The Bertz CT molecular complexity index is 1060. The third-order valence-electron chi connectivity index (χ3n) is 3.62. The quantitative estimate of drug-likeness (QED) is 0.409. The standard InChI is InChI=1S/C15H10Cl2N6O2/c1-7-10(5-19-22-18)13(9-3-2-8(16)4-11(9)17)23-6-12(14(24)25)21-15(23)20-7/h2-4,6H,5H2,1H3,(H,24,25). The van der Waals surface area contributed by atoms with Gasteiger partial charge in [0.2, 0.25) is 5.78 Å². The number of hydrogen-bond donors (Lipinski definition) is 1. The van der Waals surface area contributed by atoms with E-state index in [1.165, 1.54) is 10.6 Å². The molecule has 0 bridgehead atoms. The van der Waals surface area contributed by atoms with Crippen LogP contribution in [0.15, 0.2) is 29.5 Å². The molecule has 0 saturated carbocycles. The molecule has 2 heterocycles. The van der Waals surface area contributed by atoms with Crippen LogP contribution < -0.4 is 0 Å². The average molecular weight is 377 g/mol. The first kappa shape index (κ1) is 17.0. The maximum Gasteiger partial charge on any atom is 0.356 e. The number of azide groups is 1. The molecule has 8 nitrogen and oxygen atoms in total. The highest BCUT2D eigenvalue weighted by atomic mass is 35.5. The van der Waals surface area contributed by atoms with Crippen LogP contribution in [0.25, 0.3) is 27.5 Å². The van der Waals surface area contributed by atoms with Gasteiger partial charge in [0, 0.05) is 33.0 Å². The Morgan fingerprint density at radius 3 is 2.80 bits per heavy atom. The third kappa shape index (κ3) is 3.10. The molecular formula is C15H10Cl2N6O2. The molecule has 0 amide bonds. The van der Waals surface area contributed by atoms with Crippen molar-refractivity contribution >= 4 is 34.9 Å². The number of carboxylic acid groups (broad SMARTS) is 1. The summed E-state index contributed by atoms with van der Waals surface area (Å²) in [6.07, 6.45) is 1.35. The molecule has 1 aromatic carbocycles. The van der Waals surface area contributed by atoms with Crippen molar-refractivity contribution < 1.29 is 9.90 Å². The number of imidazole rings is 1. The highest BCUT2D eigenvalue weighted by Gasteiger charge is 2.20. The summed E-state index contributed by atoms with van der Waals surface area (Å²) in [6, 6.07) is 4.95. The van der Waals surface area contributed by atoms with E-state index in [9.17, 15) is 9.90 Å². The minimum absolute atomic E-state index is 0.0279. The number of aryl methyl sites for hydroxylation is 1. The fourth-order valence-corrected chi connectivity index (χ4v) is 3.01. The van der Waals surface area contributed by atoms with E-state index in [0.29, 0.717) is 32.6 Å². The molecule has 0 unspecified atom stereocenters. The average Bonchev–Trinajstić information content (AvgIpc) is 2.97. The van der Waals surface area contributed by atoms with Gasteiger partial charge in [0.15, 0.2) is 5.69 Å². The van der Waals surface area contributed by atoms with Gasteiger partial charge in [-0.05, 0) is 30.7 Å². The Morgan fingerprint density at radius 2 is 2.16 bits per heavy atom. The van der Waals surface area contributed by atoms with Gasteiger partial charge in [0.05, 0.1) is 17.3 Å². The molecule has 0 saturated heterocycles. The summed E-state index contributed by atoms with van der Waals surface area (Å²) < 4.78 is 1.52. The zero-order valence-corrected chi connectivity index (χ0v) is 14.3. The monoisotopic (exact) mass is 376 g/mol. The molecule has 25 heavy (non-hydrogen) atoms. The highest BCUT2D eigenvalue weighted by molar-refractivity contribution is 6.36. The van der Waals surface area contributed by atoms with Gasteiger partial charge in [0.1, 0.15) is 0 Å². The summed E-state index contributed by atoms with van der Waals surface area (Å²) in [5, 5.41) is 13.6. The third-order valence-corrected chi connectivity index (χ3v) is 4.16. The summed E-state index contributed by atoms with van der Waals surface area (Å²) in [6.45, 7) is 1.75. The van der Waals surface area contributed by atoms with Gasteiger partial charge >= 0.3 is 5.97 Å². The van der Waals surface area contributed by atoms with Crippen molar-refractivity contribution in [1.29, 1.82) is 0 Å². The molecule has 0 atom stereocenters. The van der Waals surface area contributed by atoms with Crippen LogP contribution in [0.4, 0.5) is 0 Å². The van der Waals surface area contributed by atoms with Crippen LogP contribution in [0.3, 0.4) is 0 Å². The lowest BCUT2D eigenvalue weighted by Gasteiger charge is -2.14. The van der Waals surface area contributed by atoms with E-state index in [1.807, 2.05) is 0 Å². The smallest absolute Gasteiger partial charge is 0.356 e. The topological polar surface area (TPSA) is 116 Å². The normalized spacial score (nSPS) is 10.7. The number of carboxylic acids is 1. The van der Waals surface area contributed by atoms with Crippen molar-refractivity contribution in [2.24, 2.45) is 5.11 Å². The molecule has 0 aliphatic rings. The Hall–Kier alpha value is -2.80. The second-order valence-corrected chi connectivity index (χ2v) is 5.98. The van der Waals surface area contributed by atoms with E-state index in [4.69, 9.17) is 28.7 Å². The Balaban J connectivity index is 2.42. The van der Waals surface area contributed by atoms with Crippen LogP contribution in [0, 0.1) is 6.92 Å². The fraction of sp³-hybridized carbons (Fsp3) is 0.133. The van der Waals surface area contributed by atoms with Crippen LogP contribution in [0.1, 0.15) is 21.7 Å². The number of benzene rings is 1. The summed E-state index contributed by atoms with van der Waals surface area (Å²) >= 11 is 12.3. The first-order valence-corrected chi connectivity index (χ1v) is 7.76. The summed E-state index contributed by atoms with van der Waals surface area (Å²) in [4.78, 5) is 22.3. The van der Waals surface area contributed by atoms with Crippen molar-refractivity contribution in [3.63, 3.8) is 0 Å². The first-order valence-electron chi connectivity index (χ1n) is 7.00. The molecule has 0 spiro atoms. The van der Waals surface area contributed by atoms with Crippen LogP contribution in [0.5, 0.6) is 0 Å². The Kier molecular flexibility index (Phi) is 4.50. The largest absolute Gasteiger partial charge is 0.476 e. The number of aromatic nitrogens is 3. The fourth-order valence-electron chi connectivity index (χ4n) is 2.52. The van der Waals surface area contributed by atoms with Crippen LogP contribution in [-0.2, 0) is 6.54 Å². The first-order chi connectivity index (χ1) is 11.9. The second kappa shape index (κ2) is 6.60. The van der Waals surface area contributed by atoms with Crippen LogP contribution >= 0.6 is 23.2 Å². The molecule has 0 radical (unpaired) electrons. The molecule has 0 fully saturated rings. The van der Waals surface area contributed by atoms with Gasteiger partial charge in [-0.15, -0.1) is 0 Å². The van der Waals surface area contributed by atoms with Gasteiger partial charge in [-0.3, -0.25) is 4.40 Å². The minimum atomic E-state index is -1.17. The van der Waals surface area contributed by atoms with Gasteiger partial charge in [0.25, 0.3) is 0 Å². The number of halogens is 2. The van der Waals surface area contributed by atoms with E-state index in [1.54, 1.807) is 25.1 Å². The number of hydrogen-bond acceptors (Lipinski definition) is 4. The van der Waals surface area contributed by atoms with Gasteiger partial charge in [-0.2, -0.15) is 0 Å². The lowest BCUT2D eigenvalue weighted by atomic mass is 10.0. The second-order valence-electron chi connectivity index (χ2n) is 5.14. The number of fused-ring (bicyclic) bond motifs is 1. The van der Waals surface area contributed by atoms with E-state index in [0.717, 1.165) is 0 Å². The van der Waals surface area contributed by atoms with Crippen molar-refractivity contribution in [3.05, 3.63) is 61.8 Å². The molecule has 3 rings (SSSR count). The van der Waals surface area contributed by atoms with Gasteiger partial charge in [-0.25, -0.2) is 14.8 Å². The summed E-state index contributed by atoms with van der Waals surface area (Å²) in [7, 11) is 0. The Labute approximate surface area is 151 Å². The predicted octanol–water partition coefficient (Wildman–Crippen LogP) is 4.52. The van der Waals surface area contributed by atoms with E-state index in [2.05, 4.69) is 20.0 Å². The molecule has 2 aromatic heterocycles. The number of carbonyl (C=O) groups is 1. The number of rotatable bonds is 4. The molecular weight excluding hydrogens is 367 g/mol. The lowest BCUT2D eigenvalue weighted by Crippen LogP contribution is -2.04. The SMILES string of the molecule is Cc1nc2nc(C(=O)O)cn2c(-c2ccc(Cl)cc2Cl)c1CN=[N+]=[N-]. The Morgan fingerprint density at radius 1 is 1.40 bits per heavy atom. The molecule has 1 N–H and O–H groups in total. The van der Waals surface area contributed by atoms with Crippen molar-refractivity contribution in [3.8, 4) is 11.3 Å². The zero-order chi connectivity index (χ0) is 18.1. The molecule has 3 aromatic rings. The molecule has 0 aliphatic carbocycles. The molecule has 10 heteroatoms.